The fourth-order valence-electron chi connectivity index (χ4n) is 1.51. The van der Waals surface area contributed by atoms with E-state index >= 15 is 0 Å². The van der Waals surface area contributed by atoms with E-state index in [9.17, 15) is 9.18 Å². The molecule has 0 radical (unpaired) electrons. The lowest BCUT2D eigenvalue weighted by Gasteiger charge is -2.05. The Bertz CT molecular complexity index is 572. The van der Waals surface area contributed by atoms with Gasteiger partial charge < -0.3 is 10.1 Å². The number of nitrogens with zero attached hydrogens (tertiary/aromatic N) is 2. The third-order valence-corrected chi connectivity index (χ3v) is 2.40. The summed E-state index contributed by atoms with van der Waals surface area (Å²) in [6.45, 7) is 0. The van der Waals surface area contributed by atoms with E-state index in [0.29, 0.717) is 11.3 Å². The summed E-state index contributed by atoms with van der Waals surface area (Å²) >= 11 is 0. The zero-order chi connectivity index (χ0) is 13.7. The minimum Gasteiger partial charge on any atom is -0.467 e. The summed E-state index contributed by atoms with van der Waals surface area (Å²) in [5.41, 5.74) is 0.775. The molecule has 0 saturated carbocycles. The van der Waals surface area contributed by atoms with Gasteiger partial charge in [0.15, 0.2) is 0 Å². The second-order valence-corrected chi connectivity index (χ2v) is 3.77. The van der Waals surface area contributed by atoms with Crippen LogP contribution in [0, 0.1) is 5.82 Å². The van der Waals surface area contributed by atoms with Crippen molar-refractivity contribution in [2.75, 3.05) is 12.4 Å². The molecule has 0 aliphatic carbocycles. The first-order valence-electron chi connectivity index (χ1n) is 5.58. The maximum absolute atomic E-state index is 13.4. The van der Waals surface area contributed by atoms with Crippen LogP contribution in [-0.4, -0.2) is 23.0 Å². The van der Waals surface area contributed by atoms with Gasteiger partial charge in [-0.25, -0.2) is 14.4 Å². The minimum atomic E-state index is -0.399. The van der Waals surface area contributed by atoms with Crippen LogP contribution in [0.2, 0.25) is 0 Å². The van der Waals surface area contributed by atoms with Gasteiger partial charge in [-0.15, -0.1) is 0 Å². The van der Waals surface area contributed by atoms with Gasteiger partial charge >= 0.3 is 6.01 Å². The Morgan fingerprint density at radius 2 is 2.00 bits per heavy atom. The fraction of sp³-hybridized carbons (Fsp3) is 0.154. The number of halogens is 1. The molecular weight excluding hydrogens is 249 g/mol. The summed E-state index contributed by atoms with van der Waals surface area (Å²) in [5, 5.41) is 2.58. The highest BCUT2D eigenvalue weighted by molar-refractivity contribution is 5.91. The summed E-state index contributed by atoms with van der Waals surface area (Å²) < 4.78 is 18.2. The van der Waals surface area contributed by atoms with E-state index < -0.39 is 5.82 Å². The molecule has 1 aromatic heterocycles. The lowest BCUT2D eigenvalue weighted by atomic mass is 10.1. The average molecular weight is 261 g/mol. The molecule has 0 atom stereocenters. The number of ether oxygens (including phenoxy) is 1. The normalized spacial score (nSPS) is 10.0. The molecule has 5 nitrogen and oxygen atoms in total. The van der Waals surface area contributed by atoms with Crippen molar-refractivity contribution >= 4 is 11.6 Å². The van der Waals surface area contributed by atoms with Crippen LogP contribution in [0.4, 0.5) is 10.1 Å². The molecule has 98 valence electrons. The van der Waals surface area contributed by atoms with Gasteiger partial charge in [-0.1, -0.05) is 18.2 Å². The van der Waals surface area contributed by atoms with Crippen molar-refractivity contribution in [3.63, 3.8) is 0 Å². The Morgan fingerprint density at radius 1 is 1.32 bits per heavy atom. The van der Waals surface area contributed by atoms with E-state index in [1.54, 1.807) is 18.2 Å². The van der Waals surface area contributed by atoms with Crippen LogP contribution in [0.5, 0.6) is 6.01 Å². The Kier molecular flexibility index (Phi) is 4.02. The predicted octanol–water partition coefficient (Wildman–Crippen LogP) is 1.81. The molecular formula is C13H12FN3O2. The van der Waals surface area contributed by atoms with Crippen LogP contribution in [0.25, 0.3) is 0 Å². The number of aromatic nitrogens is 2. The number of hydrogen-bond acceptors (Lipinski definition) is 4. The topological polar surface area (TPSA) is 64.1 Å². The van der Waals surface area contributed by atoms with Gasteiger partial charge in [-0.05, 0) is 11.6 Å². The molecule has 0 aliphatic heterocycles. The minimum absolute atomic E-state index is 0.0430. The standard InChI is InChI=1S/C13H12FN3O2/c1-19-13-15-7-10(8-16-13)17-12(18)6-9-4-2-3-5-11(9)14/h2-5,7-8H,6H2,1H3,(H,17,18). The second-order valence-electron chi connectivity index (χ2n) is 3.77. The van der Waals surface area contributed by atoms with Crippen molar-refractivity contribution in [2.45, 2.75) is 6.42 Å². The van der Waals surface area contributed by atoms with Gasteiger partial charge in [0.1, 0.15) is 5.82 Å². The van der Waals surface area contributed by atoms with Gasteiger partial charge in [0, 0.05) is 0 Å². The van der Waals surface area contributed by atoms with Crippen LogP contribution in [-0.2, 0) is 11.2 Å². The summed E-state index contributed by atoms with van der Waals surface area (Å²) in [6, 6.07) is 6.36. The highest BCUT2D eigenvalue weighted by Crippen LogP contribution is 2.10. The number of nitrogens with one attached hydrogen (secondary N) is 1. The molecule has 2 rings (SSSR count). The lowest BCUT2D eigenvalue weighted by molar-refractivity contribution is -0.115. The number of amides is 1. The molecule has 19 heavy (non-hydrogen) atoms. The van der Waals surface area contributed by atoms with Gasteiger partial charge in [0.2, 0.25) is 5.91 Å². The second kappa shape index (κ2) is 5.90. The van der Waals surface area contributed by atoms with Crippen LogP contribution in [0.3, 0.4) is 0 Å². The molecule has 0 fully saturated rings. The Morgan fingerprint density at radius 3 is 2.63 bits per heavy atom. The van der Waals surface area contributed by atoms with Crippen LogP contribution >= 0.6 is 0 Å². The summed E-state index contributed by atoms with van der Waals surface area (Å²) in [5.74, 6) is -0.734. The summed E-state index contributed by atoms with van der Waals surface area (Å²) in [7, 11) is 1.45. The lowest BCUT2D eigenvalue weighted by Crippen LogP contribution is -2.15. The number of methoxy groups -OCH3 is 1. The Balaban J connectivity index is 1.99. The zero-order valence-corrected chi connectivity index (χ0v) is 10.3. The van der Waals surface area contributed by atoms with E-state index in [4.69, 9.17) is 4.74 Å². The highest BCUT2D eigenvalue weighted by atomic mass is 19.1. The van der Waals surface area contributed by atoms with Gasteiger partial charge in [-0.2, -0.15) is 0 Å². The first kappa shape index (κ1) is 12.9. The molecule has 1 heterocycles. The molecule has 0 unspecified atom stereocenters. The van der Waals surface area contributed by atoms with E-state index in [0.717, 1.165) is 0 Å². The number of anilines is 1. The molecule has 6 heteroatoms. The SMILES string of the molecule is COc1ncc(NC(=O)Cc2ccccc2F)cn1. The summed E-state index contributed by atoms with van der Waals surface area (Å²) in [4.78, 5) is 19.4. The molecule has 0 bridgehead atoms. The third-order valence-electron chi connectivity index (χ3n) is 2.40. The Labute approximate surface area is 109 Å². The van der Waals surface area contributed by atoms with E-state index in [2.05, 4.69) is 15.3 Å². The predicted molar refractivity (Wildman–Crippen MR) is 67.3 cm³/mol. The van der Waals surface area contributed by atoms with E-state index in [1.807, 2.05) is 0 Å². The van der Waals surface area contributed by atoms with Gasteiger partial charge in [0.05, 0.1) is 31.6 Å². The van der Waals surface area contributed by atoms with Gasteiger partial charge in [0.25, 0.3) is 0 Å². The third kappa shape index (κ3) is 3.48. The molecule has 1 aromatic carbocycles. The van der Waals surface area contributed by atoms with E-state index in [-0.39, 0.29) is 18.3 Å². The van der Waals surface area contributed by atoms with Crippen molar-refractivity contribution in [3.05, 3.63) is 48.0 Å². The number of benzene rings is 1. The average Bonchev–Trinajstić information content (AvgIpc) is 2.42. The van der Waals surface area contributed by atoms with Crippen LogP contribution < -0.4 is 10.1 Å². The molecule has 0 saturated heterocycles. The van der Waals surface area contributed by atoms with Crippen molar-refractivity contribution in [2.24, 2.45) is 0 Å². The van der Waals surface area contributed by atoms with Crippen molar-refractivity contribution < 1.29 is 13.9 Å². The first-order valence-corrected chi connectivity index (χ1v) is 5.58. The number of rotatable bonds is 4. The van der Waals surface area contributed by atoms with Gasteiger partial charge in [-0.3, -0.25) is 4.79 Å². The summed E-state index contributed by atoms with van der Waals surface area (Å²) in [6.07, 6.45) is 2.80. The molecule has 0 spiro atoms. The van der Waals surface area contributed by atoms with Crippen molar-refractivity contribution in [1.82, 2.24) is 9.97 Å². The monoisotopic (exact) mass is 261 g/mol. The van der Waals surface area contributed by atoms with Crippen LogP contribution in [0.15, 0.2) is 36.7 Å². The van der Waals surface area contributed by atoms with Crippen LogP contribution in [0.1, 0.15) is 5.56 Å². The molecule has 2 aromatic rings. The van der Waals surface area contributed by atoms with Crippen molar-refractivity contribution in [3.8, 4) is 6.01 Å². The quantitative estimate of drug-likeness (QED) is 0.911. The maximum atomic E-state index is 13.4. The Hall–Kier alpha value is -2.50. The first-order chi connectivity index (χ1) is 9.19. The highest BCUT2D eigenvalue weighted by Gasteiger charge is 2.08. The molecule has 1 amide bonds. The van der Waals surface area contributed by atoms with Crippen molar-refractivity contribution in [1.29, 1.82) is 0 Å². The number of carbonyl (C=O) groups is 1. The zero-order valence-electron chi connectivity index (χ0n) is 10.3. The molecule has 0 aliphatic rings. The smallest absolute Gasteiger partial charge is 0.316 e. The fourth-order valence-corrected chi connectivity index (χ4v) is 1.51. The van der Waals surface area contributed by atoms with E-state index in [1.165, 1.54) is 25.6 Å². The number of carbonyl (C=O) groups excluding carboxylic acids is 1. The maximum Gasteiger partial charge on any atom is 0.316 e. The molecule has 1 N–H and O–H groups in total. The number of hydrogen-bond donors (Lipinski definition) is 1. The largest absolute Gasteiger partial charge is 0.467 e.